The van der Waals surface area contributed by atoms with E-state index < -0.39 is 0 Å². The number of hydrogen-bond acceptors (Lipinski definition) is 18. The van der Waals surface area contributed by atoms with Crippen molar-refractivity contribution in [3.63, 3.8) is 0 Å². The number of hydrogen-bond donors (Lipinski definition) is 0. The van der Waals surface area contributed by atoms with Gasteiger partial charge in [-0.15, -0.1) is 11.3 Å². The summed E-state index contributed by atoms with van der Waals surface area (Å²) in [5.41, 5.74) is 17.1. The Kier molecular flexibility index (Phi) is 28.0. The summed E-state index contributed by atoms with van der Waals surface area (Å²) in [4.78, 5) is 17.7. The molecule has 9 aromatic heterocycles. The first kappa shape index (κ1) is 64.6. The zero-order valence-corrected chi connectivity index (χ0v) is 51.5. The van der Waals surface area contributed by atoms with E-state index in [9.17, 15) is 0 Å². The molecule has 0 saturated carbocycles. The topological polar surface area (TPSA) is 182 Å². The van der Waals surface area contributed by atoms with E-state index in [1.165, 1.54) is 64.0 Å². The number of thiazole rings is 1. The zero-order chi connectivity index (χ0) is 55.3. The molecule has 0 amide bonds. The van der Waals surface area contributed by atoms with Crippen LogP contribution in [0.25, 0.3) is 0 Å². The van der Waals surface area contributed by atoms with Crippen LogP contribution in [0.4, 0.5) is 0 Å². The van der Waals surface area contributed by atoms with E-state index in [0.29, 0.717) is 0 Å². The van der Waals surface area contributed by atoms with Gasteiger partial charge in [0.15, 0.2) is 11.8 Å². The summed E-state index contributed by atoms with van der Waals surface area (Å²) >= 11 is 6.50. The fourth-order valence-corrected chi connectivity index (χ4v) is 7.98. The first-order valence-corrected chi connectivity index (χ1v) is 26.6. The van der Waals surface area contributed by atoms with Crippen molar-refractivity contribution in [3.8, 4) is 0 Å². The van der Waals surface area contributed by atoms with Crippen molar-refractivity contribution in [2.45, 2.75) is 187 Å². The lowest BCUT2D eigenvalue weighted by atomic mass is 10.2. The highest BCUT2D eigenvalue weighted by Crippen LogP contribution is 2.17. The van der Waals surface area contributed by atoms with Gasteiger partial charge >= 0.3 is 0 Å². The van der Waals surface area contributed by atoms with Gasteiger partial charge in [0.25, 0.3) is 0 Å². The Morgan fingerprint density at radius 2 is 0.542 bits per heavy atom. The highest BCUT2D eigenvalue weighted by Gasteiger charge is 2.04. The molecule has 0 saturated heterocycles. The molecule has 0 fully saturated rings. The molecule has 0 N–H and O–H groups in total. The molecular formula is C54H81N9O5S4. The number of aryl methyl sites for hydroxylation is 21. The lowest BCUT2D eigenvalue weighted by molar-refractivity contribution is 0.392. The molecule has 72 heavy (non-hydrogen) atoms. The van der Waals surface area contributed by atoms with Gasteiger partial charge in [-0.05, 0) is 224 Å². The van der Waals surface area contributed by atoms with E-state index in [1.807, 2.05) is 138 Å². The van der Waals surface area contributed by atoms with E-state index in [0.717, 1.165) is 85.7 Å². The average molecular weight is 1060 g/mol. The predicted octanol–water partition coefficient (Wildman–Crippen LogP) is 16.3. The highest BCUT2D eigenvalue weighted by atomic mass is 32.1. The molecule has 9 aromatic rings. The molecule has 0 aliphatic rings. The SMILES string of the molecule is Cc1nc(C)c(C)o1.Cc1nc(C)c(C)o1.Cc1nc(C)c(C)s1.Cc1noc(C)c1C.Cc1noc(C)c1C.Cc1noc(C)c1C.Cc1nsc(C)c1C.Cc1nsc(C)c1C.Cc1nsc(C)c1C. The van der Waals surface area contributed by atoms with Gasteiger partial charge in [0.1, 0.15) is 28.8 Å². The minimum absolute atomic E-state index is 0.750. The number of nitrogens with zero attached hydrogens (tertiary/aromatic N) is 9. The summed E-state index contributed by atoms with van der Waals surface area (Å²) < 4.78 is 37.2. The van der Waals surface area contributed by atoms with Gasteiger partial charge in [-0.1, -0.05) is 15.5 Å². The largest absolute Gasteiger partial charge is 0.446 e. The van der Waals surface area contributed by atoms with Crippen LogP contribution in [0.5, 0.6) is 0 Å². The van der Waals surface area contributed by atoms with Crippen molar-refractivity contribution in [2.75, 3.05) is 0 Å². The van der Waals surface area contributed by atoms with Gasteiger partial charge < -0.3 is 22.4 Å². The average Bonchev–Trinajstić information content (AvgIpc) is 4.24. The summed E-state index contributed by atoms with van der Waals surface area (Å²) in [6, 6.07) is 0. The molecule has 0 spiro atoms. The Morgan fingerprint density at radius 3 is 0.597 bits per heavy atom. The lowest BCUT2D eigenvalue weighted by Crippen LogP contribution is -1.73. The van der Waals surface area contributed by atoms with E-state index in [-0.39, 0.29) is 0 Å². The summed E-state index contributed by atoms with van der Waals surface area (Å²) in [5.74, 6) is 6.09. The van der Waals surface area contributed by atoms with E-state index >= 15 is 0 Å². The second kappa shape index (κ2) is 31.2. The normalized spacial score (nSPS) is 9.88. The molecule has 0 aliphatic carbocycles. The summed E-state index contributed by atoms with van der Waals surface area (Å²) in [6.45, 7) is 53.8. The Hall–Kier alpha value is -5.43. The Morgan fingerprint density at radius 1 is 0.264 bits per heavy atom. The monoisotopic (exact) mass is 1060 g/mol. The van der Waals surface area contributed by atoms with Gasteiger partial charge in [-0.2, -0.15) is 13.1 Å². The van der Waals surface area contributed by atoms with Crippen LogP contribution in [0.15, 0.2) is 22.4 Å². The van der Waals surface area contributed by atoms with Crippen molar-refractivity contribution in [1.29, 1.82) is 0 Å². The first-order chi connectivity index (χ1) is 33.4. The van der Waals surface area contributed by atoms with Crippen LogP contribution in [0, 0.1) is 187 Å². The summed E-state index contributed by atoms with van der Waals surface area (Å²) in [7, 11) is 0. The fourth-order valence-electron chi connectivity index (χ4n) is 5.07. The van der Waals surface area contributed by atoms with Crippen LogP contribution in [-0.4, -0.2) is 43.5 Å². The quantitative estimate of drug-likeness (QED) is 0.140. The number of aromatic nitrogens is 9. The maximum Gasteiger partial charge on any atom is 0.191 e. The van der Waals surface area contributed by atoms with Gasteiger partial charge in [0.05, 0.1) is 56.3 Å². The van der Waals surface area contributed by atoms with Gasteiger partial charge in [-0.3, -0.25) is 0 Å². The van der Waals surface area contributed by atoms with Crippen LogP contribution in [-0.2, 0) is 0 Å². The van der Waals surface area contributed by atoms with Crippen molar-refractivity contribution in [1.82, 2.24) is 43.5 Å². The molecule has 0 atom stereocenters. The molecule has 9 rings (SSSR count). The molecule has 396 valence electrons. The van der Waals surface area contributed by atoms with Gasteiger partial charge in [-0.25, -0.2) is 15.0 Å². The van der Waals surface area contributed by atoms with Crippen molar-refractivity contribution < 1.29 is 22.4 Å². The number of rotatable bonds is 0. The van der Waals surface area contributed by atoms with Crippen molar-refractivity contribution in [3.05, 3.63) is 150 Å². The van der Waals surface area contributed by atoms with Crippen LogP contribution in [0.3, 0.4) is 0 Å². The van der Waals surface area contributed by atoms with E-state index in [2.05, 4.69) is 92.0 Å². The smallest absolute Gasteiger partial charge is 0.191 e. The molecule has 0 unspecified atom stereocenters. The first-order valence-electron chi connectivity index (χ1n) is 23.5. The summed E-state index contributed by atoms with van der Waals surface area (Å²) in [6.07, 6.45) is 0. The Balaban J connectivity index is 0.000000405. The third-order valence-corrected chi connectivity index (χ3v) is 15.6. The molecule has 0 radical (unpaired) electrons. The maximum absolute atomic E-state index is 5.10. The molecule has 0 aromatic carbocycles. The Labute approximate surface area is 446 Å². The molecule has 14 nitrogen and oxygen atoms in total. The second-order valence-corrected chi connectivity index (χ2v) is 21.7. The van der Waals surface area contributed by atoms with E-state index in [1.54, 1.807) is 45.9 Å². The zero-order valence-electron chi connectivity index (χ0n) is 48.2. The minimum Gasteiger partial charge on any atom is -0.446 e. The third-order valence-electron chi connectivity index (χ3n) is 11.7. The van der Waals surface area contributed by atoms with Crippen LogP contribution >= 0.6 is 45.9 Å². The summed E-state index contributed by atoms with van der Waals surface area (Å²) in [5, 5.41) is 12.4. The highest BCUT2D eigenvalue weighted by molar-refractivity contribution is 7.11. The predicted molar refractivity (Wildman–Crippen MR) is 299 cm³/mol. The van der Waals surface area contributed by atoms with Crippen LogP contribution in [0.2, 0.25) is 0 Å². The molecule has 18 heteroatoms. The lowest BCUT2D eigenvalue weighted by Gasteiger charge is -1.83. The van der Waals surface area contributed by atoms with Crippen molar-refractivity contribution in [2.24, 2.45) is 0 Å². The van der Waals surface area contributed by atoms with Gasteiger partial charge in [0.2, 0.25) is 0 Å². The molecule has 0 bridgehead atoms. The Bertz CT molecular complexity index is 2360. The van der Waals surface area contributed by atoms with E-state index in [4.69, 9.17) is 22.4 Å². The minimum atomic E-state index is 0.750. The molecule has 0 aliphatic heterocycles. The van der Waals surface area contributed by atoms with Crippen LogP contribution in [0.1, 0.15) is 150 Å². The van der Waals surface area contributed by atoms with Gasteiger partial charge in [0, 0.05) is 50.0 Å². The molecule has 9 heterocycles. The van der Waals surface area contributed by atoms with Crippen LogP contribution < -0.4 is 0 Å². The second-order valence-electron chi connectivity index (χ2n) is 17.3. The third kappa shape index (κ3) is 22.1. The number of oxazole rings is 2. The fraction of sp³-hybridized carbons (Fsp3) is 0.500. The standard InChI is InChI=1S/5C6H9NO.4C6H9NS/c2*1-4-5(2)8-6(3)7-4;3*1-4-5(2)7-8-6(4)3;1-4-5(2)8-6(3)7-4;3*1-4-5(2)7-8-6(4)3/h9*1-3H3. The molecular weight excluding hydrogens is 983 g/mol. The maximum atomic E-state index is 5.10. The van der Waals surface area contributed by atoms with Crippen molar-refractivity contribution >= 4 is 45.9 Å².